The first-order valence-corrected chi connectivity index (χ1v) is 4.84. The van der Waals surface area contributed by atoms with Crippen molar-refractivity contribution < 1.29 is 27.9 Å². The van der Waals surface area contributed by atoms with E-state index in [9.17, 15) is 22.8 Å². The molecule has 0 saturated heterocycles. The van der Waals surface area contributed by atoms with Crippen LogP contribution in [-0.4, -0.2) is 29.4 Å². The first-order valence-electron chi connectivity index (χ1n) is 4.84. The molecule has 1 N–H and O–H groups in total. The molecule has 0 spiro atoms. The number of rotatable bonds is 4. The first-order chi connectivity index (χ1) is 8.27. The molecular weight excluding hydrogens is 251 g/mol. The average Bonchev–Trinajstić information content (AvgIpc) is 2.28. The number of carboxylic acids is 1. The van der Waals surface area contributed by atoms with Gasteiger partial charge in [-0.25, -0.2) is 4.79 Å². The Balaban J connectivity index is 3.09. The number of carboxylic acid groups (broad SMARTS) is 1. The number of halogens is 3. The van der Waals surface area contributed by atoms with Gasteiger partial charge in [-0.1, -0.05) is 12.1 Å². The van der Waals surface area contributed by atoms with Crippen molar-refractivity contribution in [2.45, 2.75) is 12.2 Å². The van der Waals surface area contributed by atoms with Crippen LogP contribution in [0.3, 0.4) is 0 Å². The van der Waals surface area contributed by atoms with Gasteiger partial charge in [0.1, 0.15) is 0 Å². The predicted molar refractivity (Wildman–Crippen MR) is 55.6 cm³/mol. The molecule has 0 fully saturated rings. The highest BCUT2D eigenvalue weighted by Crippen LogP contribution is 2.30. The van der Waals surface area contributed by atoms with E-state index in [1.165, 1.54) is 7.05 Å². The molecule has 0 aliphatic heterocycles. The molecule has 0 aliphatic carbocycles. The number of aliphatic carboxylic acids is 1. The van der Waals surface area contributed by atoms with Gasteiger partial charge in [-0.15, -0.1) is 0 Å². The monoisotopic (exact) mass is 261 g/mol. The molecule has 0 heterocycles. The van der Waals surface area contributed by atoms with E-state index in [1.807, 2.05) is 0 Å². The third kappa shape index (κ3) is 2.99. The maximum atomic E-state index is 12.3. The standard InChI is InChI=1S/C11H10F3NO3/c1-15(6-16)9(10(17)18)7-2-4-8(5-3-7)11(12,13)14/h2-6,9H,1H3,(H,17,18). The summed E-state index contributed by atoms with van der Waals surface area (Å²) in [5.41, 5.74) is -0.769. The minimum absolute atomic E-state index is 0.102. The van der Waals surface area contributed by atoms with Gasteiger partial charge in [0.05, 0.1) is 5.56 Å². The lowest BCUT2D eigenvalue weighted by Gasteiger charge is -2.21. The zero-order valence-electron chi connectivity index (χ0n) is 9.31. The molecule has 18 heavy (non-hydrogen) atoms. The number of nitrogens with zero attached hydrogens (tertiary/aromatic N) is 1. The van der Waals surface area contributed by atoms with Crippen molar-refractivity contribution in [3.05, 3.63) is 35.4 Å². The van der Waals surface area contributed by atoms with Crippen molar-refractivity contribution in [1.29, 1.82) is 0 Å². The van der Waals surface area contributed by atoms with Crippen LogP contribution in [0.4, 0.5) is 13.2 Å². The fourth-order valence-corrected chi connectivity index (χ4v) is 1.47. The quantitative estimate of drug-likeness (QED) is 0.842. The summed E-state index contributed by atoms with van der Waals surface area (Å²) in [5.74, 6) is -1.32. The Morgan fingerprint density at radius 3 is 2.17 bits per heavy atom. The second kappa shape index (κ2) is 5.07. The summed E-state index contributed by atoms with van der Waals surface area (Å²) in [6.45, 7) is 0. The molecule has 4 nitrogen and oxygen atoms in total. The molecular formula is C11H10F3NO3. The van der Waals surface area contributed by atoms with E-state index >= 15 is 0 Å². The molecule has 1 unspecified atom stereocenters. The van der Waals surface area contributed by atoms with Gasteiger partial charge in [0.25, 0.3) is 0 Å². The van der Waals surface area contributed by atoms with Crippen molar-refractivity contribution in [2.75, 3.05) is 7.05 Å². The first kappa shape index (κ1) is 14.0. The van der Waals surface area contributed by atoms with Crippen LogP contribution in [0, 0.1) is 0 Å². The maximum Gasteiger partial charge on any atom is 0.416 e. The molecule has 7 heteroatoms. The zero-order chi connectivity index (χ0) is 13.9. The summed E-state index contributed by atoms with van der Waals surface area (Å²) in [6, 6.07) is 2.35. The van der Waals surface area contributed by atoms with Gasteiger partial charge in [0.2, 0.25) is 6.41 Å². The lowest BCUT2D eigenvalue weighted by atomic mass is 10.0. The topological polar surface area (TPSA) is 57.6 Å². The van der Waals surface area contributed by atoms with Crippen LogP contribution in [0.5, 0.6) is 0 Å². The third-order valence-electron chi connectivity index (χ3n) is 2.36. The summed E-state index contributed by atoms with van der Waals surface area (Å²) in [7, 11) is 1.24. The number of alkyl halides is 3. The van der Waals surface area contributed by atoms with Crippen LogP contribution in [0.25, 0.3) is 0 Å². The van der Waals surface area contributed by atoms with Crippen LogP contribution >= 0.6 is 0 Å². The van der Waals surface area contributed by atoms with Gasteiger partial charge in [-0.05, 0) is 17.7 Å². The lowest BCUT2D eigenvalue weighted by Crippen LogP contribution is -2.29. The van der Waals surface area contributed by atoms with Crippen molar-refractivity contribution >= 4 is 12.4 Å². The molecule has 1 aromatic carbocycles. The smallest absolute Gasteiger partial charge is 0.416 e. The van der Waals surface area contributed by atoms with Crippen molar-refractivity contribution in [2.24, 2.45) is 0 Å². The third-order valence-corrected chi connectivity index (χ3v) is 2.36. The second-order valence-corrected chi connectivity index (χ2v) is 3.63. The Morgan fingerprint density at radius 1 is 1.33 bits per heavy atom. The highest BCUT2D eigenvalue weighted by molar-refractivity contribution is 5.78. The van der Waals surface area contributed by atoms with Gasteiger partial charge in [0.15, 0.2) is 6.04 Å². The molecule has 0 radical (unpaired) electrons. The summed E-state index contributed by atoms with van der Waals surface area (Å²) >= 11 is 0. The molecule has 1 amide bonds. The molecule has 0 aromatic heterocycles. The van der Waals surface area contributed by atoms with Crippen LogP contribution in [-0.2, 0) is 15.8 Å². The van der Waals surface area contributed by atoms with Crippen molar-refractivity contribution in [3.63, 3.8) is 0 Å². The van der Waals surface area contributed by atoms with Crippen LogP contribution < -0.4 is 0 Å². The number of benzene rings is 1. The van der Waals surface area contributed by atoms with Crippen LogP contribution in [0.1, 0.15) is 17.2 Å². The van der Waals surface area contributed by atoms with E-state index in [0.29, 0.717) is 6.41 Å². The minimum Gasteiger partial charge on any atom is -0.479 e. The van der Waals surface area contributed by atoms with Crippen LogP contribution in [0.15, 0.2) is 24.3 Å². The Morgan fingerprint density at radius 2 is 1.83 bits per heavy atom. The molecule has 1 atom stereocenters. The molecule has 0 bridgehead atoms. The Kier molecular flexibility index (Phi) is 3.95. The number of carbonyl (C=O) groups excluding carboxylic acids is 1. The predicted octanol–water partition coefficient (Wildman–Crippen LogP) is 1.92. The lowest BCUT2D eigenvalue weighted by molar-refractivity contribution is -0.145. The number of likely N-dealkylation sites (N-methyl/N-ethyl adjacent to an activating group) is 1. The summed E-state index contributed by atoms with van der Waals surface area (Å²) in [4.78, 5) is 22.4. The Bertz CT molecular complexity index is 442. The average molecular weight is 261 g/mol. The molecule has 1 rings (SSSR count). The molecule has 0 aliphatic rings. The Hall–Kier alpha value is -2.05. The summed E-state index contributed by atoms with van der Waals surface area (Å²) in [6.07, 6.45) is -4.18. The van der Waals surface area contributed by atoms with Gasteiger partial charge < -0.3 is 10.0 Å². The van der Waals surface area contributed by atoms with Crippen molar-refractivity contribution in [3.8, 4) is 0 Å². The fourth-order valence-electron chi connectivity index (χ4n) is 1.47. The molecule has 98 valence electrons. The number of hydrogen-bond donors (Lipinski definition) is 1. The fraction of sp³-hybridized carbons (Fsp3) is 0.273. The number of amides is 1. The van der Waals surface area contributed by atoms with Gasteiger partial charge in [-0.3, -0.25) is 4.79 Å². The summed E-state index contributed by atoms with van der Waals surface area (Å²) < 4.78 is 37.0. The largest absolute Gasteiger partial charge is 0.479 e. The van der Waals surface area contributed by atoms with E-state index in [2.05, 4.69) is 0 Å². The summed E-state index contributed by atoms with van der Waals surface area (Å²) in [5, 5.41) is 8.93. The van der Waals surface area contributed by atoms with Gasteiger partial charge in [-0.2, -0.15) is 13.2 Å². The number of hydrogen-bond acceptors (Lipinski definition) is 2. The molecule has 1 aromatic rings. The van der Waals surface area contributed by atoms with E-state index in [4.69, 9.17) is 5.11 Å². The van der Waals surface area contributed by atoms with E-state index in [1.54, 1.807) is 0 Å². The van der Waals surface area contributed by atoms with E-state index in [-0.39, 0.29) is 5.56 Å². The van der Waals surface area contributed by atoms with Crippen LogP contribution in [0.2, 0.25) is 0 Å². The number of carbonyl (C=O) groups is 2. The minimum atomic E-state index is -4.48. The highest BCUT2D eigenvalue weighted by atomic mass is 19.4. The van der Waals surface area contributed by atoms with Gasteiger partial charge in [0, 0.05) is 7.05 Å². The second-order valence-electron chi connectivity index (χ2n) is 3.63. The van der Waals surface area contributed by atoms with E-state index < -0.39 is 23.8 Å². The van der Waals surface area contributed by atoms with E-state index in [0.717, 1.165) is 29.2 Å². The highest BCUT2D eigenvalue weighted by Gasteiger charge is 2.31. The zero-order valence-corrected chi connectivity index (χ0v) is 9.31. The maximum absolute atomic E-state index is 12.3. The van der Waals surface area contributed by atoms with Crippen molar-refractivity contribution in [1.82, 2.24) is 4.90 Å². The normalized spacial score (nSPS) is 12.9. The van der Waals surface area contributed by atoms with Gasteiger partial charge >= 0.3 is 12.1 Å². The molecule has 0 saturated carbocycles. The SMILES string of the molecule is CN(C=O)C(C(=O)O)c1ccc(C(F)(F)F)cc1. The Labute approximate surface area is 101 Å².